The first kappa shape index (κ1) is 19.5. The van der Waals surface area contributed by atoms with Gasteiger partial charge in [0.15, 0.2) is 9.84 Å². The average molecular weight is 359 g/mol. The zero-order valence-corrected chi connectivity index (χ0v) is 13.3. The maximum absolute atomic E-state index is 13.1. The SMILES string of the molecule is COc1cc(S(=O)(=O)CC(F)(F)C(F)F)c(OC)cc1CCN. The molecule has 2 N–H and O–H groups in total. The standard InChI is InChI=1S/C13H17F4NO4S/c1-21-9-6-11(10(22-2)5-8(9)3-4-18)23(19,20)7-13(16,17)12(14)15/h5-6,12H,3-4,7,18H2,1-2H3. The third-order valence-electron chi connectivity index (χ3n) is 3.02. The second-order valence-corrected chi connectivity index (χ2v) is 6.63. The van der Waals surface area contributed by atoms with E-state index in [2.05, 4.69) is 0 Å². The Morgan fingerprint density at radius 1 is 1.17 bits per heavy atom. The first-order valence-corrected chi connectivity index (χ1v) is 8.08. The summed E-state index contributed by atoms with van der Waals surface area (Å²) in [6.45, 7) is 0.231. The van der Waals surface area contributed by atoms with E-state index in [0.717, 1.165) is 13.2 Å². The van der Waals surface area contributed by atoms with E-state index in [1.165, 1.54) is 13.2 Å². The second kappa shape index (κ2) is 7.35. The van der Waals surface area contributed by atoms with Gasteiger partial charge in [-0.1, -0.05) is 0 Å². The fourth-order valence-corrected chi connectivity index (χ4v) is 3.44. The fourth-order valence-electron chi connectivity index (χ4n) is 1.92. The third-order valence-corrected chi connectivity index (χ3v) is 4.77. The predicted molar refractivity (Wildman–Crippen MR) is 75.3 cm³/mol. The van der Waals surface area contributed by atoms with E-state index in [1.54, 1.807) is 0 Å². The monoisotopic (exact) mass is 359 g/mol. The first-order valence-electron chi connectivity index (χ1n) is 6.42. The summed E-state index contributed by atoms with van der Waals surface area (Å²) in [5, 5.41) is 0. The molecule has 0 spiro atoms. The van der Waals surface area contributed by atoms with Gasteiger partial charge in [-0.25, -0.2) is 17.2 Å². The lowest BCUT2D eigenvalue weighted by atomic mass is 10.1. The van der Waals surface area contributed by atoms with Crippen molar-refractivity contribution in [1.82, 2.24) is 0 Å². The molecule has 0 heterocycles. The number of alkyl halides is 4. The van der Waals surface area contributed by atoms with E-state index in [9.17, 15) is 26.0 Å². The van der Waals surface area contributed by atoms with Gasteiger partial charge in [0.25, 0.3) is 0 Å². The smallest absolute Gasteiger partial charge is 0.321 e. The number of hydrogen-bond donors (Lipinski definition) is 1. The van der Waals surface area contributed by atoms with Crippen LogP contribution in [0.3, 0.4) is 0 Å². The van der Waals surface area contributed by atoms with Crippen LogP contribution in [0.1, 0.15) is 5.56 Å². The molecule has 0 bridgehead atoms. The van der Waals surface area contributed by atoms with Crippen molar-refractivity contribution < 1.29 is 35.5 Å². The summed E-state index contributed by atoms with van der Waals surface area (Å²) in [6, 6.07) is 2.25. The van der Waals surface area contributed by atoms with Crippen LogP contribution < -0.4 is 15.2 Å². The lowest BCUT2D eigenvalue weighted by Gasteiger charge is -2.18. The molecule has 0 aliphatic rings. The van der Waals surface area contributed by atoms with E-state index in [0.29, 0.717) is 12.0 Å². The van der Waals surface area contributed by atoms with E-state index in [-0.39, 0.29) is 18.0 Å². The van der Waals surface area contributed by atoms with Crippen molar-refractivity contribution in [3.05, 3.63) is 17.7 Å². The lowest BCUT2D eigenvalue weighted by molar-refractivity contribution is -0.111. The molecule has 132 valence electrons. The maximum atomic E-state index is 13.1. The molecule has 0 aliphatic carbocycles. The Labute approximate surface area is 131 Å². The number of methoxy groups -OCH3 is 2. The van der Waals surface area contributed by atoms with Crippen molar-refractivity contribution in [2.24, 2.45) is 5.73 Å². The molecule has 0 unspecified atom stereocenters. The highest BCUT2D eigenvalue weighted by Gasteiger charge is 2.46. The molecule has 0 fully saturated rings. The number of sulfone groups is 1. The summed E-state index contributed by atoms with van der Waals surface area (Å²) in [4.78, 5) is -0.641. The van der Waals surface area contributed by atoms with Gasteiger partial charge in [0.1, 0.15) is 22.1 Å². The molecular weight excluding hydrogens is 342 g/mol. The Hall–Kier alpha value is -1.55. The van der Waals surface area contributed by atoms with E-state index in [4.69, 9.17) is 15.2 Å². The van der Waals surface area contributed by atoms with Crippen molar-refractivity contribution in [1.29, 1.82) is 0 Å². The molecule has 0 atom stereocenters. The Bertz CT molecular complexity index is 650. The summed E-state index contributed by atoms with van der Waals surface area (Å²) in [7, 11) is -2.34. The second-order valence-electron chi connectivity index (χ2n) is 4.67. The number of ether oxygens (including phenoxy) is 2. The van der Waals surface area contributed by atoms with Crippen molar-refractivity contribution in [2.45, 2.75) is 23.7 Å². The van der Waals surface area contributed by atoms with Crippen LogP contribution in [0.25, 0.3) is 0 Å². The molecule has 1 rings (SSSR count). The largest absolute Gasteiger partial charge is 0.496 e. The molecule has 10 heteroatoms. The molecule has 0 radical (unpaired) electrons. The summed E-state index contributed by atoms with van der Waals surface area (Å²) < 4.78 is 84.9. The minimum Gasteiger partial charge on any atom is -0.496 e. The summed E-state index contributed by atoms with van der Waals surface area (Å²) in [6.07, 6.45) is -3.77. The summed E-state index contributed by atoms with van der Waals surface area (Å²) in [5.74, 6) is -6.85. The first-order chi connectivity index (χ1) is 10.6. The van der Waals surface area contributed by atoms with Crippen LogP contribution in [0.5, 0.6) is 11.5 Å². The fraction of sp³-hybridized carbons (Fsp3) is 0.538. The molecule has 0 saturated heterocycles. The summed E-state index contributed by atoms with van der Waals surface area (Å²) >= 11 is 0. The highest BCUT2D eigenvalue weighted by Crippen LogP contribution is 2.35. The van der Waals surface area contributed by atoms with Crippen LogP contribution in [0, 0.1) is 0 Å². The lowest BCUT2D eigenvalue weighted by Crippen LogP contribution is -2.35. The number of rotatable bonds is 8. The van der Waals surface area contributed by atoms with E-state index >= 15 is 0 Å². The molecule has 0 saturated carbocycles. The van der Waals surface area contributed by atoms with Crippen LogP contribution in [0.4, 0.5) is 17.6 Å². The van der Waals surface area contributed by atoms with Crippen molar-refractivity contribution in [3.8, 4) is 11.5 Å². The Balaban J connectivity index is 3.40. The van der Waals surface area contributed by atoms with Gasteiger partial charge in [-0.3, -0.25) is 0 Å². The number of hydrogen-bond acceptors (Lipinski definition) is 5. The Morgan fingerprint density at radius 3 is 2.17 bits per heavy atom. The molecule has 23 heavy (non-hydrogen) atoms. The van der Waals surface area contributed by atoms with Gasteiger partial charge in [0.2, 0.25) is 0 Å². The molecule has 1 aromatic rings. The third kappa shape index (κ3) is 4.47. The van der Waals surface area contributed by atoms with Gasteiger partial charge in [-0.15, -0.1) is 0 Å². The van der Waals surface area contributed by atoms with Crippen LogP contribution in [0.2, 0.25) is 0 Å². The molecule has 0 aliphatic heterocycles. The summed E-state index contributed by atoms with van der Waals surface area (Å²) in [5.41, 5.74) is 5.92. The van der Waals surface area contributed by atoms with Crippen molar-refractivity contribution in [2.75, 3.05) is 26.5 Å². The van der Waals surface area contributed by atoms with Crippen LogP contribution in [-0.2, 0) is 16.3 Å². The minimum atomic E-state index is -4.74. The normalized spacial score (nSPS) is 12.5. The van der Waals surface area contributed by atoms with E-state index < -0.39 is 32.8 Å². The molecular formula is C13H17F4NO4S. The minimum absolute atomic E-state index is 0.0928. The highest BCUT2D eigenvalue weighted by atomic mass is 32.2. The van der Waals surface area contributed by atoms with Gasteiger partial charge >= 0.3 is 12.3 Å². The topological polar surface area (TPSA) is 78.6 Å². The van der Waals surface area contributed by atoms with Gasteiger partial charge in [0.05, 0.1) is 14.2 Å². The molecule has 1 aromatic carbocycles. The molecule has 0 aromatic heterocycles. The van der Waals surface area contributed by atoms with Gasteiger partial charge in [-0.05, 0) is 24.6 Å². The molecule has 5 nitrogen and oxygen atoms in total. The predicted octanol–water partition coefficient (Wildman–Crippen LogP) is 1.88. The van der Waals surface area contributed by atoms with Gasteiger partial charge < -0.3 is 15.2 Å². The van der Waals surface area contributed by atoms with Crippen LogP contribution in [-0.4, -0.2) is 47.3 Å². The highest BCUT2D eigenvalue weighted by molar-refractivity contribution is 7.91. The van der Waals surface area contributed by atoms with Gasteiger partial charge in [-0.2, -0.15) is 8.78 Å². The number of benzene rings is 1. The average Bonchev–Trinajstić information content (AvgIpc) is 2.45. The number of halogens is 4. The Kier molecular flexibility index (Phi) is 6.23. The molecule has 0 amide bonds. The van der Waals surface area contributed by atoms with E-state index in [1.807, 2.05) is 0 Å². The van der Waals surface area contributed by atoms with Crippen molar-refractivity contribution in [3.63, 3.8) is 0 Å². The van der Waals surface area contributed by atoms with Crippen molar-refractivity contribution >= 4 is 9.84 Å². The maximum Gasteiger partial charge on any atom is 0.321 e. The van der Waals surface area contributed by atoms with Crippen LogP contribution in [0.15, 0.2) is 17.0 Å². The van der Waals surface area contributed by atoms with Crippen LogP contribution >= 0.6 is 0 Å². The number of nitrogens with two attached hydrogens (primary N) is 1. The zero-order chi connectivity index (χ0) is 17.8. The Morgan fingerprint density at radius 2 is 1.74 bits per heavy atom. The zero-order valence-electron chi connectivity index (χ0n) is 12.5. The quantitative estimate of drug-likeness (QED) is 0.717. The van der Waals surface area contributed by atoms with Gasteiger partial charge in [0, 0.05) is 6.07 Å².